The first-order valence-corrected chi connectivity index (χ1v) is 5.54. The maximum absolute atomic E-state index is 9.79. The van der Waals surface area contributed by atoms with Gasteiger partial charge in [-0.2, -0.15) is 0 Å². The van der Waals surface area contributed by atoms with Gasteiger partial charge in [-0.25, -0.2) is 0 Å². The first-order chi connectivity index (χ1) is 7.15. The number of rotatable bonds is 5. The van der Waals surface area contributed by atoms with Gasteiger partial charge in [-0.1, -0.05) is 30.7 Å². The zero-order valence-corrected chi connectivity index (χ0v) is 9.92. The van der Waals surface area contributed by atoms with E-state index >= 15 is 0 Å². The first kappa shape index (κ1) is 12.5. The second kappa shape index (κ2) is 6.11. The van der Waals surface area contributed by atoms with Crippen molar-refractivity contribution in [3.63, 3.8) is 0 Å². The van der Waals surface area contributed by atoms with Gasteiger partial charge >= 0.3 is 0 Å². The van der Waals surface area contributed by atoms with Crippen LogP contribution in [0.25, 0.3) is 0 Å². The van der Waals surface area contributed by atoms with Gasteiger partial charge in [-0.3, -0.25) is 0 Å². The fourth-order valence-electron chi connectivity index (χ4n) is 1.31. The number of aliphatic hydroxyl groups excluding tert-OH is 1. The van der Waals surface area contributed by atoms with Crippen molar-refractivity contribution in [3.05, 3.63) is 34.3 Å². The van der Waals surface area contributed by atoms with Gasteiger partial charge in [0.25, 0.3) is 0 Å². The van der Waals surface area contributed by atoms with Gasteiger partial charge in [0.05, 0.1) is 6.61 Å². The highest BCUT2D eigenvalue weighted by molar-refractivity contribution is 6.31. The van der Waals surface area contributed by atoms with E-state index < -0.39 is 6.10 Å². The van der Waals surface area contributed by atoms with Crippen LogP contribution in [0.3, 0.4) is 0 Å². The average molecular weight is 229 g/mol. The molecule has 3 heteroatoms. The second-order valence-corrected chi connectivity index (χ2v) is 4.01. The number of hydrogen-bond donors (Lipinski definition) is 1. The van der Waals surface area contributed by atoms with E-state index in [4.69, 9.17) is 16.3 Å². The summed E-state index contributed by atoms with van der Waals surface area (Å²) in [4.78, 5) is 0. The van der Waals surface area contributed by atoms with Crippen molar-refractivity contribution >= 4 is 11.6 Å². The monoisotopic (exact) mass is 228 g/mol. The Labute approximate surface area is 95.8 Å². The van der Waals surface area contributed by atoms with Crippen molar-refractivity contribution in [2.24, 2.45) is 0 Å². The summed E-state index contributed by atoms with van der Waals surface area (Å²) in [6.07, 6.45) is 0.402. The highest BCUT2D eigenvalue weighted by Gasteiger charge is 2.08. The van der Waals surface area contributed by atoms with E-state index in [0.717, 1.165) is 22.6 Å². The quantitative estimate of drug-likeness (QED) is 0.785. The van der Waals surface area contributed by atoms with Crippen LogP contribution in [0, 0.1) is 6.92 Å². The predicted molar refractivity (Wildman–Crippen MR) is 62.3 cm³/mol. The van der Waals surface area contributed by atoms with Crippen LogP contribution in [-0.4, -0.2) is 18.3 Å². The highest BCUT2D eigenvalue weighted by atomic mass is 35.5. The molecule has 0 aromatic heterocycles. The lowest BCUT2D eigenvalue weighted by Gasteiger charge is -2.12. The molecule has 0 radical (unpaired) electrons. The lowest BCUT2D eigenvalue weighted by atomic mass is 10.1. The van der Waals surface area contributed by atoms with Crippen molar-refractivity contribution in [2.45, 2.75) is 26.4 Å². The number of ether oxygens (including phenoxy) is 1. The minimum Gasteiger partial charge on any atom is -0.386 e. The number of aliphatic hydroxyl groups is 1. The Bertz CT molecular complexity index is 312. The van der Waals surface area contributed by atoms with Gasteiger partial charge in [0.15, 0.2) is 0 Å². The van der Waals surface area contributed by atoms with Gasteiger partial charge in [-0.05, 0) is 30.5 Å². The molecule has 2 nitrogen and oxygen atoms in total. The topological polar surface area (TPSA) is 29.5 Å². The smallest absolute Gasteiger partial charge is 0.102 e. The summed E-state index contributed by atoms with van der Waals surface area (Å²) in [5.74, 6) is 0. The van der Waals surface area contributed by atoms with Crippen LogP contribution in [-0.2, 0) is 4.74 Å². The Kier molecular flexibility index (Phi) is 5.09. The van der Waals surface area contributed by atoms with Gasteiger partial charge in [0.2, 0.25) is 0 Å². The Morgan fingerprint density at radius 2 is 2.20 bits per heavy atom. The van der Waals surface area contributed by atoms with E-state index in [9.17, 15) is 5.11 Å². The molecule has 0 bridgehead atoms. The van der Waals surface area contributed by atoms with Gasteiger partial charge in [0.1, 0.15) is 6.10 Å². The zero-order chi connectivity index (χ0) is 11.3. The van der Waals surface area contributed by atoms with Gasteiger partial charge in [0, 0.05) is 11.6 Å². The normalized spacial score (nSPS) is 12.8. The molecule has 0 saturated carbocycles. The Balaban J connectivity index is 2.57. The number of hydrogen-bond acceptors (Lipinski definition) is 2. The molecule has 0 heterocycles. The maximum atomic E-state index is 9.79. The van der Waals surface area contributed by atoms with Crippen molar-refractivity contribution in [1.29, 1.82) is 0 Å². The molecule has 84 valence electrons. The third-order valence-electron chi connectivity index (χ3n) is 2.19. The summed E-state index contributed by atoms with van der Waals surface area (Å²) in [6, 6.07) is 5.52. The van der Waals surface area contributed by atoms with E-state index in [1.807, 2.05) is 26.0 Å². The van der Waals surface area contributed by atoms with Crippen LogP contribution in [0.4, 0.5) is 0 Å². The van der Waals surface area contributed by atoms with Crippen LogP contribution < -0.4 is 0 Å². The average Bonchev–Trinajstić information content (AvgIpc) is 2.22. The summed E-state index contributed by atoms with van der Waals surface area (Å²) in [5.41, 5.74) is 1.83. The van der Waals surface area contributed by atoms with Gasteiger partial charge < -0.3 is 9.84 Å². The maximum Gasteiger partial charge on any atom is 0.102 e. The fraction of sp³-hybridized carbons (Fsp3) is 0.500. The van der Waals surface area contributed by atoms with Crippen LogP contribution in [0.1, 0.15) is 30.6 Å². The molecule has 0 amide bonds. The Morgan fingerprint density at radius 3 is 2.80 bits per heavy atom. The minimum absolute atomic E-state index is 0.342. The van der Waals surface area contributed by atoms with Crippen LogP contribution in [0.15, 0.2) is 18.2 Å². The minimum atomic E-state index is -0.562. The largest absolute Gasteiger partial charge is 0.386 e. The molecule has 1 aromatic carbocycles. The van der Waals surface area contributed by atoms with E-state index in [-0.39, 0.29) is 0 Å². The van der Waals surface area contributed by atoms with Crippen molar-refractivity contribution in [2.75, 3.05) is 13.2 Å². The van der Waals surface area contributed by atoms with E-state index in [1.54, 1.807) is 6.07 Å². The summed E-state index contributed by atoms with van der Waals surface area (Å²) in [7, 11) is 0. The summed E-state index contributed by atoms with van der Waals surface area (Å²) in [6.45, 7) is 4.99. The Hall–Kier alpha value is -0.570. The fourth-order valence-corrected chi connectivity index (χ4v) is 1.43. The first-order valence-electron chi connectivity index (χ1n) is 5.17. The predicted octanol–water partition coefficient (Wildman–Crippen LogP) is 3.11. The van der Waals surface area contributed by atoms with Crippen LogP contribution >= 0.6 is 11.6 Å². The zero-order valence-electron chi connectivity index (χ0n) is 9.16. The number of benzene rings is 1. The molecular formula is C12H17ClO2. The molecule has 1 atom stereocenters. The lowest BCUT2D eigenvalue weighted by Crippen LogP contribution is -2.07. The molecule has 0 aliphatic carbocycles. The highest BCUT2D eigenvalue weighted by Crippen LogP contribution is 2.20. The summed E-state index contributed by atoms with van der Waals surface area (Å²) >= 11 is 5.90. The summed E-state index contributed by atoms with van der Waals surface area (Å²) in [5, 5.41) is 10.5. The number of aryl methyl sites for hydroxylation is 1. The van der Waals surface area contributed by atoms with E-state index in [0.29, 0.717) is 13.2 Å². The molecule has 1 unspecified atom stereocenters. The standard InChI is InChI=1S/C12H17ClO2/c1-3-6-15-8-12(14)10-4-5-11(13)9(2)7-10/h4-5,7,12,14H,3,6,8H2,1-2H3. The second-order valence-electron chi connectivity index (χ2n) is 3.60. The van der Waals surface area contributed by atoms with Crippen molar-refractivity contribution in [3.8, 4) is 0 Å². The molecule has 1 aromatic rings. The van der Waals surface area contributed by atoms with Gasteiger partial charge in [-0.15, -0.1) is 0 Å². The molecule has 0 saturated heterocycles. The lowest BCUT2D eigenvalue weighted by molar-refractivity contribution is 0.0363. The third kappa shape index (κ3) is 3.82. The molecule has 0 fully saturated rings. The molecule has 15 heavy (non-hydrogen) atoms. The van der Waals surface area contributed by atoms with Crippen molar-refractivity contribution in [1.82, 2.24) is 0 Å². The van der Waals surface area contributed by atoms with E-state index in [2.05, 4.69) is 0 Å². The molecule has 0 aliphatic rings. The van der Waals surface area contributed by atoms with E-state index in [1.165, 1.54) is 0 Å². The van der Waals surface area contributed by atoms with Crippen LogP contribution in [0.2, 0.25) is 5.02 Å². The molecule has 0 spiro atoms. The summed E-state index contributed by atoms with van der Waals surface area (Å²) < 4.78 is 5.29. The number of halogens is 1. The van der Waals surface area contributed by atoms with Crippen LogP contribution in [0.5, 0.6) is 0 Å². The molecule has 1 rings (SSSR count). The SMILES string of the molecule is CCCOCC(O)c1ccc(Cl)c(C)c1. The molecule has 0 aliphatic heterocycles. The Morgan fingerprint density at radius 1 is 1.47 bits per heavy atom. The molecular weight excluding hydrogens is 212 g/mol. The third-order valence-corrected chi connectivity index (χ3v) is 2.62. The van der Waals surface area contributed by atoms with Crippen molar-refractivity contribution < 1.29 is 9.84 Å². The molecule has 1 N–H and O–H groups in total.